The minimum absolute atomic E-state index is 0.0133. The summed E-state index contributed by atoms with van der Waals surface area (Å²) in [5.74, 6) is -1.48. The van der Waals surface area contributed by atoms with Crippen molar-refractivity contribution in [3.05, 3.63) is 17.9 Å². The van der Waals surface area contributed by atoms with Gasteiger partial charge in [0.2, 0.25) is 0 Å². The highest BCUT2D eigenvalue weighted by Gasteiger charge is 2.18. The first-order valence-corrected chi connectivity index (χ1v) is 5.97. The molecule has 1 aromatic rings. The maximum Gasteiger partial charge on any atom is 0.387 e. The third-order valence-corrected chi connectivity index (χ3v) is 2.79. The molecule has 0 atom stereocenters. The second-order valence-corrected chi connectivity index (χ2v) is 4.76. The molecule has 0 aliphatic carbocycles. The zero-order valence-electron chi connectivity index (χ0n) is 11.6. The number of hydrogen-bond acceptors (Lipinski definition) is 4. The van der Waals surface area contributed by atoms with E-state index in [2.05, 4.69) is 4.74 Å². The minimum atomic E-state index is -3.12. The molecule has 7 heteroatoms. The fraction of sp³-hybridized carbons (Fsp3) is 0.538. The van der Waals surface area contributed by atoms with Crippen LogP contribution in [0.2, 0.25) is 0 Å². The Labute approximate surface area is 115 Å². The Hall–Kier alpha value is -1.63. The van der Waals surface area contributed by atoms with E-state index in [1.807, 2.05) is 13.8 Å². The number of halogens is 3. The molecule has 1 rings (SSSR count). The van der Waals surface area contributed by atoms with Gasteiger partial charge in [0.1, 0.15) is 5.75 Å². The van der Waals surface area contributed by atoms with Crippen molar-refractivity contribution in [1.29, 1.82) is 0 Å². The van der Waals surface area contributed by atoms with Crippen molar-refractivity contribution < 1.29 is 27.4 Å². The smallest absolute Gasteiger partial charge is 0.387 e. The van der Waals surface area contributed by atoms with Crippen molar-refractivity contribution in [1.82, 2.24) is 0 Å². The zero-order chi connectivity index (χ0) is 15.3. The predicted molar refractivity (Wildman–Crippen MR) is 68.6 cm³/mol. The van der Waals surface area contributed by atoms with Crippen molar-refractivity contribution in [2.24, 2.45) is 0 Å². The Balaban J connectivity index is 2.74. The number of methoxy groups -OCH3 is 1. The van der Waals surface area contributed by atoms with Crippen molar-refractivity contribution in [3.63, 3.8) is 0 Å². The van der Waals surface area contributed by atoms with Crippen LogP contribution < -0.4 is 15.2 Å². The van der Waals surface area contributed by atoms with Crippen LogP contribution in [0, 0.1) is 5.82 Å². The van der Waals surface area contributed by atoms with Gasteiger partial charge in [0.25, 0.3) is 0 Å². The normalized spacial score (nSPS) is 11.8. The van der Waals surface area contributed by atoms with E-state index in [0.717, 1.165) is 12.1 Å². The fourth-order valence-corrected chi connectivity index (χ4v) is 1.37. The van der Waals surface area contributed by atoms with Crippen LogP contribution in [0.25, 0.3) is 0 Å². The molecule has 0 saturated heterocycles. The Morgan fingerprint density at radius 1 is 1.25 bits per heavy atom. The summed E-state index contributed by atoms with van der Waals surface area (Å²) in [5.41, 5.74) is 5.19. The van der Waals surface area contributed by atoms with Gasteiger partial charge in [-0.1, -0.05) is 0 Å². The molecule has 0 heterocycles. The van der Waals surface area contributed by atoms with E-state index >= 15 is 0 Å². The minimum Gasteiger partial charge on any atom is -0.491 e. The first kappa shape index (κ1) is 16.4. The molecule has 0 spiro atoms. The molecule has 4 nitrogen and oxygen atoms in total. The lowest BCUT2D eigenvalue weighted by molar-refractivity contribution is -0.0523. The fourth-order valence-electron chi connectivity index (χ4n) is 1.37. The highest BCUT2D eigenvalue weighted by atomic mass is 19.3. The van der Waals surface area contributed by atoms with Gasteiger partial charge >= 0.3 is 6.61 Å². The van der Waals surface area contributed by atoms with Crippen LogP contribution in [-0.4, -0.2) is 25.9 Å². The molecule has 2 N–H and O–H groups in total. The summed E-state index contributed by atoms with van der Waals surface area (Å²) < 4.78 is 52.2. The van der Waals surface area contributed by atoms with E-state index in [9.17, 15) is 13.2 Å². The Bertz CT molecular complexity index is 453. The SMILES string of the molecule is COC(C)(C)CCOc1cc(OC(F)F)c(F)cc1N. The Kier molecular flexibility index (Phi) is 5.50. The lowest BCUT2D eigenvalue weighted by atomic mass is 10.1. The number of hydrogen-bond donors (Lipinski definition) is 1. The quantitative estimate of drug-likeness (QED) is 0.784. The van der Waals surface area contributed by atoms with Crippen LogP contribution in [0.15, 0.2) is 12.1 Å². The van der Waals surface area contributed by atoms with E-state index in [4.69, 9.17) is 15.2 Å². The number of anilines is 1. The Morgan fingerprint density at radius 2 is 1.90 bits per heavy atom. The summed E-state index contributed by atoms with van der Waals surface area (Å²) in [5, 5.41) is 0. The summed E-state index contributed by atoms with van der Waals surface area (Å²) >= 11 is 0. The topological polar surface area (TPSA) is 53.7 Å². The highest BCUT2D eigenvalue weighted by molar-refractivity contribution is 5.56. The number of nitrogen functional groups attached to an aromatic ring is 1. The summed E-state index contributed by atoms with van der Waals surface area (Å²) in [7, 11) is 1.57. The number of alkyl halides is 2. The van der Waals surface area contributed by atoms with Gasteiger partial charge in [0.15, 0.2) is 11.6 Å². The monoisotopic (exact) mass is 293 g/mol. The molecular formula is C13H18F3NO3. The van der Waals surface area contributed by atoms with Crippen molar-refractivity contribution in [3.8, 4) is 11.5 Å². The second kappa shape index (κ2) is 6.69. The van der Waals surface area contributed by atoms with Crippen LogP contribution in [0.5, 0.6) is 11.5 Å². The molecule has 0 saturated carbocycles. The number of benzene rings is 1. The van der Waals surface area contributed by atoms with Gasteiger partial charge < -0.3 is 19.9 Å². The molecule has 0 unspecified atom stereocenters. The largest absolute Gasteiger partial charge is 0.491 e. The van der Waals surface area contributed by atoms with E-state index < -0.39 is 23.8 Å². The van der Waals surface area contributed by atoms with Crippen LogP contribution in [0.4, 0.5) is 18.9 Å². The summed E-state index contributed by atoms with van der Waals surface area (Å²) in [6.07, 6.45) is 0.547. The second-order valence-electron chi connectivity index (χ2n) is 4.76. The van der Waals surface area contributed by atoms with Crippen LogP contribution in [0.1, 0.15) is 20.3 Å². The molecule has 0 radical (unpaired) electrons. The van der Waals surface area contributed by atoms with Crippen LogP contribution in [0.3, 0.4) is 0 Å². The number of rotatable bonds is 7. The van der Waals surface area contributed by atoms with Gasteiger partial charge in [-0.2, -0.15) is 8.78 Å². The third kappa shape index (κ3) is 4.80. The molecular weight excluding hydrogens is 275 g/mol. The van der Waals surface area contributed by atoms with Gasteiger partial charge in [-0.05, 0) is 13.8 Å². The highest BCUT2D eigenvalue weighted by Crippen LogP contribution is 2.31. The lowest BCUT2D eigenvalue weighted by Crippen LogP contribution is -2.25. The predicted octanol–water partition coefficient (Wildman–Crippen LogP) is 3.20. The van der Waals surface area contributed by atoms with E-state index in [0.29, 0.717) is 6.42 Å². The molecule has 0 aliphatic rings. The van der Waals surface area contributed by atoms with E-state index in [1.54, 1.807) is 7.11 Å². The Morgan fingerprint density at radius 3 is 2.45 bits per heavy atom. The van der Waals surface area contributed by atoms with Crippen molar-refractivity contribution in [2.75, 3.05) is 19.5 Å². The molecule has 114 valence electrons. The molecule has 0 amide bonds. The molecule has 0 aromatic heterocycles. The molecule has 0 bridgehead atoms. The number of ether oxygens (including phenoxy) is 3. The van der Waals surface area contributed by atoms with E-state index in [1.165, 1.54) is 0 Å². The molecule has 0 aliphatic heterocycles. The average molecular weight is 293 g/mol. The van der Waals surface area contributed by atoms with Crippen molar-refractivity contribution in [2.45, 2.75) is 32.5 Å². The van der Waals surface area contributed by atoms with Gasteiger partial charge in [-0.25, -0.2) is 4.39 Å². The maximum absolute atomic E-state index is 13.3. The van der Waals surface area contributed by atoms with Crippen LogP contribution >= 0.6 is 0 Å². The average Bonchev–Trinajstić information content (AvgIpc) is 2.34. The molecule has 20 heavy (non-hydrogen) atoms. The van der Waals surface area contributed by atoms with Gasteiger partial charge in [-0.15, -0.1) is 0 Å². The third-order valence-electron chi connectivity index (χ3n) is 2.79. The zero-order valence-corrected chi connectivity index (χ0v) is 11.6. The first-order valence-electron chi connectivity index (χ1n) is 5.97. The van der Waals surface area contributed by atoms with Gasteiger partial charge in [-0.3, -0.25) is 0 Å². The maximum atomic E-state index is 13.3. The summed E-state index contributed by atoms with van der Waals surface area (Å²) in [6.45, 7) is 0.865. The first-order chi connectivity index (χ1) is 9.25. The number of nitrogens with two attached hydrogens (primary N) is 1. The molecule has 1 aromatic carbocycles. The lowest BCUT2D eigenvalue weighted by Gasteiger charge is -2.23. The van der Waals surface area contributed by atoms with Crippen molar-refractivity contribution >= 4 is 5.69 Å². The standard InChI is InChI=1S/C13H18F3NO3/c1-13(2,18-3)4-5-19-11-7-10(20-12(15)16)8(14)6-9(11)17/h6-7,12H,4-5,17H2,1-3H3. The van der Waals surface area contributed by atoms with Gasteiger partial charge in [0, 0.05) is 25.7 Å². The van der Waals surface area contributed by atoms with Crippen LogP contribution in [-0.2, 0) is 4.74 Å². The summed E-state index contributed by atoms with van der Waals surface area (Å²) in [4.78, 5) is 0. The van der Waals surface area contributed by atoms with E-state index in [-0.39, 0.29) is 18.0 Å². The molecule has 0 fully saturated rings. The summed E-state index contributed by atoms with van der Waals surface area (Å²) in [6, 6.07) is 1.89. The van der Waals surface area contributed by atoms with Gasteiger partial charge in [0.05, 0.1) is 17.9 Å².